The zero-order chi connectivity index (χ0) is 13.5. The van der Waals surface area contributed by atoms with Gasteiger partial charge in [-0.3, -0.25) is 0 Å². The third-order valence-corrected chi connectivity index (χ3v) is 5.09. The van der Waals surface area contributed by atoms with Gasteiger partial charge in [0.25, 0.3) is 0 Å². The van der Waals surface area contributed by atoms with Gasteiger partial charge in [0.2, 0.25) is 0 Å². The van der Waals surface area contributed by atoms with Gasteiger partial charge < -0.3 is 10.0 Å². The number of nitrogens with zero attached hydrogens (tertiary/aromatic N) is 1. The number of allylic oxidation sites excluding steroid dienone is 1. The van der Waals surface area contributed by atoms with Crippen LogP contribution < -0.4 is 0 Å². The van der Waals surface area contributed by atoms with E-state index in [1.807, 2.05) is 12.1 Å². The van der Waals surface area contributed by atoms with Crippen LogP contribution >= 0.6 is 0 Å². The van der Waals surface area contributed by atoms with Gasteiger partial charge in [-0.1, -0.05) is 24.3 Å². The Kier molecular flexibility index (Phi) is 3.14. The largest absolute Gasteiger partial charge is 0.508 e. The molecule has 0 spiro atoms. The van der Waals surface area contributed by atoms with Crippen molar-refractivity contribution in [2.45, 2.75) is 31.1 Å². The van der Waals surface area contributed by atoms with Crippen molar-refractivity contribution in [2.75, 3.05) is 20.1 Å². The molecule has 1 aliphatic heterocycles. The van der Waals surface area contributed by atoms with E-state index < -0.39 is 0 Å². The summed E-state index contributed by atoms with van der Waals surface area (Å²) in [6.07, 6.45) is 4.67. The van der Waals surface area contributed by atoms with E-state index in [4.69, 9.17) is 0 Å². The molecule has 1 aliphatic carbocycles. The molecule has 0 aromatic heterocycles. The zero-order valence-corrected chi connectivity index (χ0v) is 11.7. The van der Waals surface area contributed by atoms with Crippen molar-refractivity contribution < 1.29 is 5.11 Å². The second-order valence-electron chi connectivity index (χ2n) is 6.38. The standard InChI is InChI=1S/C17H23NO/c1-13-6-7-15-12-18(2)9-8-17(15,11-13)14-4-3-5-16(19)10-14/h3-5,10,15,19H,1,6-9,11-12H2,2H3/t15-,17?/m0/s1. The van der Waals surface area contributed by atoms with Crippen molar-refractivity contribution in [1.29, 1.82) is 0 Å². The second kappa shape index (κ2) is 4.68. The quantitative estimate of drug-likeness (QED) is 0.780. The molecule has 102 valence electrons. The third kappa shape index (κ3) is 2.18. The van der Waals surface area contributed by atoms with Gasteiger partial charge in [0.05, 0.1) is 0 Å². The molecule has 2 heteroatoms. The minimum absolute atomic E-state index is 0.209. The van der Waals surface area contributed by atoms with Gasteiger partial charge in [0, 0.05) is 12.0 Å². The van der Waals surface area contributed by atoms with E-state index in [1.54, 1.807) is 6.07 Å². The Hall–Kier alpha value is -1.28. The number of hydrogen-bond donors (Lipinski definition) is 1. The highest BCUT2D eigenvalue weighted by Crippen LogP contribution is 2.50. The fraction of sp³-hybridized carbons (Fsp3) is 0.529. The lowest BCUT2D eigenvalue weighted by molar-refractivity contribution is 0.0877. The van der Waals surface area contributed by atoms with Crippen LogP contribution in [0.1, 0.15) is 31.2 Å². The fourth-order valence-corrected chi connectivity index (χ4v) is 4.05. The average Bonchev–Trinajstić information content (AvgIpc) is 2.39. The first-order valence-corrected chi connectivity index (χ1v) is 7.25. The normalized spacial score (nSPS) is 32.1. The maximum Gasteiger partial charge on any atom is 0.115 e. The molecular weight excluding hydrogens is 234 g/mol. The molecular formula is C17H23NO. The number of hydrogen-bond acceptors (Lipinski definition) is 2. The van der Waals surface area contributed by atoms with Crippen molar-refractivity contribution in [1.82, 2.24) is 4.90 Å². The topological polar surface area (TPSA) is 23.5 Å². The molecule has 1 N–H and O–H groups in total. The molecule has 0 radical (unpaired) electrons. The molecule has 1 heterocycles. The van der Waals surface area contributed by atoms with Crippen molar-refractivity contribution in [3.63, 3.8) is 0 Å². The number of piperidine rings is 1. The van der Waals surface area contributed by atoms with Crippen molar-refractivity contribution >= 4 is 0 Å². The Balaban J connectivity index is 2.02. The lowest BCUT2D eigenvalue weighted by atomic mass is 9.58. The molecule has 1 aromatic rings. The summed E-state index contributed by atoms with van der Waals surface area (Å²) in [6.45, 7) is 6.55. The van der Waals surface area contributed by atoms with E-state index in [9.17, 15) is 5.11 Å². The van der Waals surface area contributed by atoms with Gasteiger partial charge in [-0.05, 0) is 62.9 Å². The predicted octanol–water partition coefficient (Wildman–Crippen LogP) is 3.32. The van der Waals surface area contributed by atoms with E-state index in [-0.39, 0.29) is 5.41 Å². The number of benzene rings is 1. The molecule has 1 aromatic carbocycles. The Morgan fingerprint density at radius 3 is 3.05 bits per heavy atom. The van der Waals surface area contributed by atoms with Gasteiger partial charge in [0.1, 0.15) is 5.75 Å². The van der Waals surface area contributed by atoms with Crippen LogP contribution in [0.4, 0.5) is 0 Å². The number of fused-ring (bicyclic) bond motifs is 1. The smallest absolute Gasteiger partial charge is 0.115 e. The lowest BCUT2D eigenvalue weighted by Crippen LogP contribution is -2.50. The first-order chi connectivity index (χ1) is 9.10. The van der Waals surface area contributed by atoms with E-state index in [0.717, 1.165) is 13.0 Å². The van der Waals surface area contributed by atoms with Crippen molar-refractivity contribution in [3.8, 4) is 5.75 Å². The van der Waals surface area contributed by atoms with Crippen LogP contribution in [0, 0.1) is 5.92 Å². The minimum Gasteiger partial charge on any atom is -0.508 e. The van der Waals surface area contributed by atoms with Crippen LogP contribution in [0.5, 0.6) is 5.75 Å². The van der Waals surface area contributed by atoms with Gasteiger partial charge in [-0.2, -0.15) is 0 Å². The molecule has 2 aliphatic rings. The zero-order valence-electron chi connectivity index (χ0n) is 11.7. The molecule has 0 bridgehead atoms. The van der Waals surface area contributed by atoms with Crippen LogP contribution in [-0.2, 0) is 5.41 Å². The lowest BCUT2D eigenvalue weighted by Gasteiger charge is -2.51. The molecule has 2 fully saturated rings. The summed E-state index contributed by atoms with van der Waals surface area (Å²) in [7, 11) is 2.22. The fourth-order valence-electron chi connectivity index (χ4n) is 4.05. The van der Waals surface area contributed by atoms with Crippen LogP contribution in [0.15, 0.2) is 36.4 Å². The molecule has 2 nitrogen and oxygen atoms in total. The van der Waals surface area contributed by atoms with E-state index in [1.165, 1.54) is 36.9 Å². The number of aromatic hydroxyl groups is 1. The minimum atomic E-state index is 0.209. The Bertz CT molecular complexity index is 496. The van der Waals surface area contributed by atoms with Crippen LogP contribution in [0.3, 0.4) is 0 Å². The summed E-state index contributed by atoms with van der Waals surface area (Å²) in [4.78, 5) is 2.44. The van der Waals surface area contributed by atoms with E-state index >= 15 is 0 Å². The summed E-state index contributed by atoms with van der Waals surface area (Å²) in [5.41, 5.74) is 2.90. The van der Waals surface area contributed by atoms with Crippen LogP contribution in [0.2, 0.25) is 0 Å². The number of phenols is 1. The highest BCUT2D eigenvalue weighted by Gasteiger charge is 2.45. The molecule has 2 atom stereocenters. The summed E-state index contributed by atoms with van der Waals surface area (Å²) in [6, 6.07) is 7.90. The second-order valence-corrected chi connectivity index (χ2v) is 6.38. The molecule has 0 amide bonds. The van der Waals surface area contributed by atoms with Gasteiger partial charge in [-0.25, -0.2) is 0 Å². The number of rotatable bonds is 1. The van der Waals surface area contributed by atoms with Gasteiger partial charge >= 0.3 is 0 Å². The average molecular weight is 257 g/mol. The van der Waals surface area contributed by atoms with Crippen molar-refractivity contribution in [3.05, 3.63) is 42.0 Å². The molecule has 1 saturated carbocycles. The van der Waals surface area contributed by atoms with Crippen molar-refractivity contribution in [2.24, 2.45) is 5.92 Å². The SMILES string of the molecule is C=C1CC[C@H]2CN(C)CCC2(c2cccc(O)c2)C1. The molecule has 1 saturated heterocycles. The Labute approximate surface area is 115 Å². The van der Waals surface area contributed by atoms with E-state index in [0.29, 0.717) is 11.7 Å². The van der Waals surface area contributed by atoms with E-state index in [2.05, 4.69) is 24.6 Å². The van der Waals surface area contributed by atoms with Gasteiger partial charge in [0.15, 0.2) is 0 Å². The van der Waals surface area contributed by atoms with Gasteiger partial charge in [-0.15, -0.1) is 0 Å². The maximum atomic E-state index is 9.82. The number of phenolic OH excluding ortho intramolecular Hbond substituents is 1. The first-order valence-electron chi connectivity index (χ1n) is 7.25. The Morgan fingerprint density at radius 1 is 1.42 bits per heavy atom. The molecule has 1 unspecified atom stereocenters. The predicted molar refractivity (Wildman–Crippen MR) is 78.4 cm³/mol. The molecule has 3 rings (SSSR count). The summed E-state index contributed by atoms with van der Waals surface area (Å²) in [5.74, 6) is 1.08. The number of likely N-dealkylation sites (tertiary alicyclic amines) is 1. The maximum absolute atomic E-state index is 9.82. The highest BCUT2D eigenvalue weighted by atomic mass is 16.3. The monoisotopic (exact) mass is 257 g/mol. The Morgan fingerprint density at radius 2 is 2.26 bits per heavy atom. The summed E-state index contributed by atoms with van der Waals surface area (Å²) in [5, 5.41) is 9.82. The third-order valence-electron chi connectivity index (χ3n) is 5.09. The van der Waals surface area contributed by atoms with Crippen LogP contribution in [0.25, 0.3) is 0 Å². The summed E-state index contributed by atoms with van der Waals surface area (Å²) < 4.78 is 0. The molecule has 19 heavy (non-hydrogen) atoms. The highest BCUT2D eigenvalue weighted by molar-refractivity contribution is 5.37. The first kappa shape index (κ1) is 12.7. The van der Waals surface area contributed by atoms with Crippen LogP contribution in [-0.4, -0.2) is 30.1 Å². The summed E-state index contributed by atoms with van der Waals surface area (Å²) >= 11 is 0.